The summed E-state index contributed by atoms with van der Waals surface area (Å²) >= 11 is 0. The molecule has 0 radical (unpaired) electrons. The Balaban J connectivity index is 2.26. The van der Waals surface area contributed by atoms with Gasteiger partial charge in [-0.3, -0.25) is 14.4 Å². The highest BCUT2D eigenvalue weighted by atomic mass is 19.4. The summed E-state index contributed by atoms with van der Waals surface area (Å²) in [4.78, 5) is 39.1. The molecule has 0 aliphatic carbocycles. The third kappa shape index (κ3) is 4.75. The van der Waals surface area contributed by atoms with Gasteiger partial charge in [0, 0.05) is 11.3 Å². The molecule has 0 aliphatic heterocycles. The van der Waals surface area contributed by atoms with E-state index < -0.39 is 24.5 Å². The molecule has 3 N–H and O–H groups in total. The van der Waals surface area contributed by atoms with Crippen LogP contribution >= 0.6 is 0 Å². The van der Waals surface area contributed by atoms with Crippen molar-refractivity contribution in [3.63, 3.8) is 0 Å². The van der Waals surface area contributed by atoms with Crippen LogP contribution in [0.1, 0.15) is 49.4 Å². The molecule has 2 aromatic rings. The average Bonchev–Trinajstić information content (AvgIpc) is 2.87. The molecule has 0 aliphatic rings. The minimum absolute atomic E-state index is 0.0539. The number of amides is 2. The molecular formula is C18H18F3N3O3. The Morgan fingerprint density at radius 1 is 1.07 bits per heavy atom. The first-order valence-electron chi connectivity index (χ1n) is 7.96. The lowest BCUT2D eigenvalue weighted by atomic mass is 10.1. The number of para-hydroxylation sites is 1. The molecule has 1 aromatic carbocycles. The predicted molar refractivity (Wildman–Crippen MR) is 93.1 cm³/mol. The summed E-state index contributed by atoms with van der Waals surface area (Å²) in [5, 5.41) is 4.27. The molecule has 0 unspecified atom stereocenters. The molecule has 0 atom stereocenters. The number of aromatic amines is 1. The molecule has 6 nitrogen and oxygen atoms in total. The van der Waals surface area contributed by atoms with Gasteiger partial charge in [0.15, 0.2) is 5.78 Å². The van der Waals surface area contributed by atoms with Crippen LogP contribution in [-0.4, -0.2) is 35.3 Å². The zero-order chi connectivity index (χ0) is 20.4. The summed E-state index contributed by atoms with van der Waals surface area (Å²) in [6, 6.07) is 5.70. The number of carbonyl (C=O) groups is 3. The number of ketones is 1. The van der Waals surface area contributed by atoms with Crippen molar-refractivity contribution in [2.75, 3.05) is 11.9 Å². The number of hydrogen-bond acceptors (Lipinski definition) is 3. The smallest absolute Gasteiger partial charge is 0.354 e. The van der Waals surface area contributed by atoms with E-state index in [-0.39, 0.29) is 22.7 Å². The fraction of sp³-hybridized carbons (Fsp3) is 0.278. The van der Waals surface area contributed by atoms with E-state index in [9.17, 15) is 27.6 Å². The molecule has 0 saturated carbocycles. The maximum Gasteiger partial charge on any atom is 0.405 e. The van der Waals surface area contributed by atoms with Crippen molar-refractivity contribution in [1.82, 2.24) is 10.3 Å². The van der Waals surface area contributed by atoms with E-state index in [0.717, 1.165) is 0 Å². The number of rotatable bonds is 5. The second-order valence-corrected chi connectivity index (χ2v) is 5.98. The van der Waals surface area contributed by atoms with Crippen molar-refractivity contribution >= 4 is 23.3 Å². The van der Waals surface area contributed by atoms with E-state index in [0.29, 0.717) is 16.8 Å². The molecule has 0 fully saturated rings. The van der Waals surface area contributed by atoms with Gasteiger partial charge in [-0.05, 0) is 38.5 Å². The minimum Gasteiger partial charge on any atom is -0.354 e. The molecule has 9 heteroatoms. The SMILES string of the molecule is CC(=O)c1c(C)[nH]c(C(=O)Nc2ccccc2C(=O)NCC(F)(F)F)c1C. The van der Waals surface area contributed by atoms with Crippen molar-refractivity contribution in [3.05, 3.63) is 52.3 Å². The lowest BCUT2D eigenvalue weighted by Gasteiger charge is -2.12. The lowest BCUT2D eigenvalue weighted by Crippen LogP contribution is -2.34. The van der Waals surface area contributed by atoms with Gasteiger partial charge in [-0.25, -0.2) is 0 Å². The zero-order valence-electron chi connectivity index (χ0n) is 14.9. The van der Waals surface area contributed by atoms with Crippen LogP contribution in [0.15, 0.2) is 24.3 Å². The number of benzene rings is 1. The Bertz CT molecular complexity index is 901. The first-order valence-corrected chi connectivity index (χ1v) is 7.96. The van der Waals surface area contributed by atoms with Crippen LogP contribution in [0.5, 0.6) is 0 Å². The predicted octanol–water partition coefficient (Wildman–Crippen LogP) is 3.38. The number of carbonyl (C=O) groups excluding carboxylic acids is 3. The summed E-state index contributed by atoms with van der Waals surface area (Å²) in [6.45, 7) is 3.16. The number of alkyl halides is 3. The number of halogens is 3. The summed E-state index contributed by atoms with van der Waals surface area (Å²) in [7, 11) is 0. The Hall–Kier alpha value is -3.10. The fourth-order valence-corrected chi connectivity index (χ4v) is 2.76. The van der Waals surface area contributed by atoms with Gasteiger partial charge in [0.2, 0.25) is 0 Å². The number of H-pyrrole nitrogens is 1. The van der Waals surface area contributed by atoms with Crippen molar-refractivity contribution in [2.45, 2.75) is 26.9 Å². The summed E-state index contributed by atoms with van der Waals surface area (Å²) in [5.74, 6) is -1.78. The quantitative estimate of drug-likeness (QED) is 0.694. The summed E-state index contributed by atoms with van der Waals surface area (Å²) in [6.07, 6.45) is -4.55. The van der Waals surface area contributed by atoms with Crippen molar-refractivity contribution in [2.24, 2.45) is 0 Å². The van der Waals surface area contributed by atoms with Crippen molar-refractivity contribution < 1.29 is 27.6 Å². The standard InChI is InChI=1S/C18H18F3N3O3/c1-9-14(11(3)25)10(2)23-15(9)17(27)24-13-7-5-4-6-12(13)16(26)22-8-18(19,20)21/h4-7,23H,8H2,1-3H3,(H,22,26)(H,24,27). The minimum atomic E-state index is -4.55. The third-order valence-corrected chi connectivity index (χ3v) is 3.89. The van der Waals surface area contributed by atoms with E-state index >= 15 is 0 Å². The second-order valence-electron chi connectivity index (χ2n) is 5.98. The average molecular weight is 381 g/mol. The van der Waals surface area contributed by atoms with Crippen molar-refractivity contribution in [1.29, 1.82) is 0 Å². The molecule has 2 amide bonds. The molecular weight excluding hydrogens is 363 g/mol. The Kier molecular flexibility index (Phi) is 5.72. The van der Waals surface area contributed by atoms with E-state index in [4.69, 9.17) is 0 Å². The second kappa shape index (κ2) is 7.65. The maximum atomic E-state index is 12.5. The monoisotopic (exact) mass is 381 g/mol. The van der Waals surface area contributed by atoms with Crippen LogP contribution in [0, 0.1) is 13.8 Å². The number of nitrogens with one attached hydrogen (secondary N) is 3. The van der Waals surface area contributed by atoms with Crippen LogP contribution in [0.3, 0.4) is 0 Å². The van der Waals surface area contributed by atoms with Crippen LogP contribution in [0.2, 0.25) is 0 Å². The Morgan fingerprint density at radius 3 is 2.26 bits per heavy atom. The van der Waals surface area contributed by atoms with Gasteiger partial charge >= 0.3 is 6.18 Å². The Labute approximate surface area is 153 Å². The van der Waals surface area contributed by atoms with Gasteiger partial charge in [0.1, 0.15) is 12.2 Å². The maximum absolute atomic E-state index is 12.5. The van der Waals surface area contributed by atoms with Gasteiger partial charge in [0.05, 0.1) is 11.3 Å². The Morgan fingerprint density at radius 2 is 1.70 bits per heavy atom. The number of anilines is 1. The highest BCUT2D eigenvalue weighted by Gasteiger charge is 2.28. The molecule has 144 valence electrons. The number of aromatic nitrogens is 1. The number of aryl methyl sites for hydroxylation is 1. The van der Waals surface area contributed by atoms with Crippen LogP contribution < -0.4 is 10.6 Å². The first-order chi connectivity index (χ1) is 12.5. The summed E-state index contributed by atoms with van der Waals surface area (Å²) in [5.41, 5.74) is 1.47. The van der Waals surface area contributed by atoms with Crippen molar-refractivity contribution in [3.8, 4) is 0 Å². The molecule has 1 aromatic heterocycles. The van der Waals surface area contributed by atoms with Crippen LogP contribution in [0.4, 0.5) is 18.9 Å². The van der Waals surface area contributed by atoms with E-state index in [2.05, 4.69) is 10.3 Å². The normalized spacial score (nSPS) is 11.2. The first kappa shape index (κ1) is 20.2. The summed E-state index contributed by atoms with van der Waals surface area (Å²) < 4.78 is 36.9. The fourth-order valence-electron chi connectivity index (χ4n) is 2.76. The third-order valence-electron chi connectivity index (χ3n) is 3.89. The molecule has 0 bridgehead atoms. The molecule has 27 heavy (non-hydrogen) atoms. The zero-order valence-corrected chi connectivity index (χ0v) is 14.9. The highest BCUT2D eigenvalue weighted by molar-refractivity contribution is 6.10. The van der Waals surface area contributed by atoms with Crippen LogP contribution in [-0.2, 0) is 0 Å². The van der Waals surface area contributed by atoms with E-state index in [1.165, 1.54) is 31.2 Å². The lowest BCUT2D eigenvalue weighted by molar-refractivity contribution is -0.123. The highest BCUT2D eigenvalue weighted by Crippen LogP contribution is 2.22. The molecule has 0 saturated heterocycles. The molecule has 0 spiro atoms. The van der Waals surface area contributed by atoms with E-state index in [1.54, 1.807) is 19.2 Å². The topological polar surface area (TPSA) is 91.1 Å². The molecule has 2 rings (SSSR count). The largest absolute Gasteiger partial charge is 0.405 e. The number of hydrogen-bond donors (Lipinski definition) is 3. The molecule has 1 heterocycles. The number of Topliss-reactive ketones (excluding diaryl/α,β-unsaturated/α-hetero) is 1. The van der Waals surface area contributed by atoms with Gasteiger partial charge in [-0.2, -0.15) is 13.2 Å². The van der Waals surface area contributed by atoms with Gasteiger partial charge in [-0.15, -0.1) is 0 Å². The van der Waals surface area contributed by atoms with Crippen LogP contribution in [0.25, 0.3) is 0 Å². The van der Waals surface area contributed by atoms with Gasteiger partial charge < -0.3 is 15.6 Å². The van der Waals surface area contributed by atoms with E-state index in [1.807, 2.05) is 0 Å². The van der Waals surface area contributed by atoms with Gasteiger partial charge in [-0.1, -0.05) is 12.1 Å². The van der Waals surface area contributed by atoms with Gasteiger partial charge in [0.25, 0.3) is 11.8 Å².